The number of para-hydroxylation sites is 1. The zero-order valence-corrected chi connectivity index (χ0v) is 10.5. The maximum Gasteiger partial charge on any atom is 0.225 e. The van der Waals surface area contributed by atoms with Gasteiger partial charge in [-0.25, -0.2) is 9.97 Å². The van der Waals surface area contributed by atoms with E-state index in [2.05, 4.69) is 14.9 Å². The molecule has 4 nitrogen and oxygen atoms in total. The first-order valence-corrected chi connectivity index (χ1v) is 6.39. The van der Waals surface area contributed by atoms with Crippen LogP contribution in [0.15, 0.2) is 30.5 Å². The quantitative estimate of drug-likeness (QED) is 0.874. The molecule has 0 amide bonds. The normalized spacial score (nSPS) is 21.4. The average molecular weight is 243 g/mol. The van der Waals surface area contributed by atoms with Crippen molar-refractivity contribution in [3.8, 4) is 0 Å². The first-order chi connectivity index (χ1) is 8.74. The topological polar surface area (TPSA) is 49.2 Å². The maximum atomic E-state index is 9.62. The van der Waals surface area contributed by atoms with Gasteiger partial charge in [0.15, 0.2) is 0 Å². The van der Waals surface area contributed by atoms with Crippen LogP contribution in [0.3, 0.4) is 0 Å². The Hall–Kier alpha value is -1.68. The van der Waals surface area contributed by atoms with E-state index in [4.69, 9.17) is 0 Å². The molecule has 1 N–H and O–H groups in total. The molecule has 1 aromatic heterocycles. The highest BCUT2D eigenvalue weighted by Crippen LogP contribution is 2.24. The molecule has 1 saturated heterocycles. The van der Waals surface area contributed by atoms with Crippen molar-refractivity contribution in [3.05, 3.63) is 30.5 Å². The monoisotopic (exact) mass is 243 g/mol. The minimum absolute atomic E-state index is 0.254. The summed E-state index contributed by atoms with van der Waals surface area (Å²) in [7, 11) is 0. The Balaban J connectivity index is 1.87. The summed E-state index contributed by atoms with van der Waals surface area (Å²) in [4.78, 5) is 11.2. The third kappa shape index (κ3) is 2.04. The Labute approximate surface area is 106 Å². The van der Waals surface area contributed by atoms with Crippen LogP contribution < -0.4 is 4.90 Å². The van der Waals surface area contributed by atoms with E-state index in [-0.39, 0.29) is 6.10 Å². The number of rotatable bonds is 2. The lowest BCUT2D eigenvalue weighted by Gasteiger charge is -2.17. The average Bonchev–Trinajstić information content (AvgIpc) is 2.88. The van der Waals surface area contributed by atoms with Crippen molar-refractivity contribution in [2.45, 2.75) is 19.4 Å². The number of aromatic nitrogens is 2. The largest absolute Gasteiger partial charge is 0.393 e. The lowest BCUT2D eigenvalue weighted by atomic mass is 10.0. The zero-order chi connectivity index (χ0) is 12.5. The standard InChI is InChI=1S/C14H17N3O/c1-10(18)12-6-7-17(9-12)14-15-8-11-4-2-3-5-13(11)16-14/h2-5,8,10,12,18H,6-7,9H2,1H3. The molecule has 2 aromatic rings. The predicted molar refractivity (Wildman–Crippen MR) is 71.5 cm³/mol. The highest BCUT2D eigenvalue weighted by molar-refractivity contribution is 5.78. The van der Waals surface area contributed by atoms with Gasteiger partial charge >= 0.3 is 0 Å². The fraction of sp³-hybridized carbons (Fsp3) is 0.429. The second kappa shape index (κ2) is 4.53. The molecule has 3 rings (SSSR count). The van der Waals surface area contributed by atoms with Gasteiger partial charge in [-0.2, -0.15) is 0 Å². The van der Waals surface area contributed by atoms with Crippen LogP contribution in [0, 0.1) is 5.92 Å². The second-order valence-electron chi connectivity index (χ2n) is 4.96. The van der Waals surface area contributed by atoms with E-state index in [9.17, 15) is 5.11 Å². The van der Waals surface area contributed by atoms with E-state index >= 15 is 0 Å². The Bertz CT molecular complexity index is 555. The van der Waals surface area contributed by atoms with Crippen LogP contribution in [0.2, 0.25) is 0 Å². The van der Waals surface area contributed by atoms with Crippen LogP contribution in [-0.2, 0) is 0 Å². The maximum absolute atomic E-state index is 9.62. The van der Waals surface area contributed by atoms with E-state index in [1.807, 2.05) is 37.4 Å². The second-order valence-corrected chi connectivity index (χ2v) is 4.96. The van der Waals surface area contributed by atoms with E-state index in [1.165, 1.54) is 0 Å². The molecule has 0 aliphatic carbocycles. The summed E-state index contributed by atoms with van der Waals surface area (Å²) >= 11 is 0. The fourth-order valence-electron chi connectivity index (χ4n) is 2.48. The Morgan fingerprint density at radius 2 is 2.22 bits per heavy atom. The molecular formula is C14H17N3O. The van der Waals surface area contributed by atoms with Gasteiger partial charge in [-0.05, 0) is 19.4 Å². The van der Waals surface area contributed by atoms with E-state index in [1.54, 1.807) is 0 Å². The van der Waals surface area contributed by atoms with E-state index < -0.39 is 0 Å². The number of hydrogen-bond donors (Lipinski definition) is 1. The number of nitrogens with zero attached hydrogens (tertiary/aromatic N) is 3. The van der Waals surface area contributed by atoms with E-state index in [0.29, 0.717) is 5.92 Å². The molecule has 1 aliphatic rings. The minimum atomic E-state index is -0.254. The summed E-state index contributed by atoms with van der Waals surface area (Å²) in [5.74, 6) is 1.11. The first-order valence-electron chi connectivity index (χ1n) is 6.39. The van der Waals surface area contributed by atoms with Crippen LogP contribution in [0.1, 0.15) is 13.3 Å². The SMILES string of the molecule is CC(O)C1CCN(c2ncc3ccccc3n2)C1. The number of aliphatic hydroxyl groups excluding tert-OH is 1. The summed E-state index contributed by atoms with van der Waals surface area (Å²) in [6, 6.07) is 8.00. The number of aliphatic hydroxyl groups is 1. The van der Waals surface area contributed by atoms with Crippen molar-refractivity contribution in [1.29, 1.82) is 0 Å². The molecule has 0 bridgehead atoms. The van der Waals surface area contributed by atoms with E-state index in [0.717, 1.165) is 36.4 Å². The Morgan fingerprint density at radius 1 is 1.39 bits per heavy atom. The van der Waals surface area contributed by atoms with Gasteiger partial charge in [-0.1, -0.05) is 18.2 Å². The van der Waals surface area contributed by atoms with Gasteiger partial charge in [0.1, 0.15) is 0 Å². The molecule has 2 unspecified atom stereocenters. The van der Waals surface area contributed by atoms with Crippen LogP contribution in [0.5, 0.6) is 0 Å². The third-order valence-corrected chi connectivity index (χ3v) is 3.67. The van der Waals surface area contributed by atoms with Gasteiger partial charge in [0.2, 0.25) is 5.95 Å². The molecular weight excluding hydrogens is 226 g/mol. The van der Waals surface area contributed by atoms with Gasteiger partial charge in [0.05, 0.1) is 11.6 Å². The minimum Gasteiger partial charge on any atom is -0.393 e. The summed E-state index contributed by atoms with van der Waals surface area (Å²) in [6.07, 6.45) is 2.62. The highest BCUT2D eigenvalue weighted by atomic mass is 16.3. The third-order valence-electron chi connectivity index (χ3n) is 3.67. The smallest absolute Gasteiger partial charge is 0.225 e. The van der Waals surface area contributed by atoms with Gasteiger partial charge in [-0.15, -0.1) is 0 Å². The van der Waals surface area contributed by atoms with Crippen LogP contribution in [-0.4, -0.2) is 34.3 Å². The van der Waals surface area contributed by atoms with Crippen molar-refractivity contribution in [3.63, 3.8) is 0 Å². The van der Waals surface area contributed by atoms with Crippen molar-refractivity contribution in [2.24, 2.45) is 5.92 Å². The van der Waals surface area contributed by atoms with Gasteiger partial charge in [-0.3, -0.25) is 0 Å². The number of benzene rings is 1. The number of hydrogen-bond acceptors (Lipinski definition) is 4. The Kier molecular flexibility index (Phi) is 2.88. The molecule has 0 spiro atoms. The molecule has 0 radical (unpaired) electrons. The van der Waals surface area contributed by atoms with Gasteiger partial charge in [0, 0.05) is 30.6 Å². The van der Waals surface area contributed by atoms with Crippen molar-refractivity contribution in [2.75, 3.05) is 18.0 Å². The number of fused-ring (bicyclic) bond motifs is 1. The van der Waals surface area contributed by atoms with Crippen LogP contribution in [0.4, 0.5) is 5.95 Å². The highest BCUT2D eigenvalue weighted by Gasteiger charge is 2.27. The van der Waals surface area contributed by atoms with Gasteiger partial charge in [0.25, 0.3) is 0 Å². The lowest BCUT2D eigenvalue weighted by Crippen LogP contribution is -2.25. The summed E-state index contributed by atoms with van der Waals surface area (Å²) in [6.45, 7) is 3.62. The summed E-state index contributed by atoms with van der Waals surface area (Å²) in [5, 5.41) is 10.7. The van der Waals surface area contributed by atoms with Crippen LogP contribution >= 0.6 is 0 Å². The predicted octanol–water partition coefficient (Wildman–Crippen LogP) is 1.84. The molecule has 1 fully saturated rings. The molecule has 0 saturated carbocycles. The van der Waals surface area contributed by atoms with Crippen LogP contribution in [0.25, 0.3) is 10.9 Å². The molecule has 94 valence electrons. The lowest BCUT2D eigenvalue weighted by molar-refractivity contribution is 0.136. The molecule has 1 aromatic carbocycles. The molecule has 4 heteroatoms. The first kappa shape index (κ1) is 11.4. The molecule has 2 heterocycles. The zero-order valence-electron chi connectivity index (χ0n) is 10.5. The molecule has 18 heavy (non-hydrogen) atoms. The summed E-state index contributed by atoms with van der Waals surface area (Å²) < 4.78 is 0. The van der Waals surface area contributed by atoms with Crippen molar-refractivity contribution in [1.82, 2.24) is 9.97 Å². The number of anilines is 1. The molecule has 2 atom stereocenters. The summed E-state index contributed by atoms with van der Waals surface area (Å²) in [5.41, 5.74) is 0.975. The van der Waals surface area contributed by atoms with Crippen molar-refractivity contribution < 1.29 is 5.11 Å². The molecule has 1 aliphatic heterocycles. The van der Waals surface area contributed by atoms with Gasteiger partial charge < -0.3 is 10.0 Å². The van der Waals surface area contributed by atoms with Crippen molar-refractivity contribution >= 4 is 16.9 Å². The Morgan fingerprint density at radius 3 is 3.00 bits per heavy atom. The fourth-order valence-corrected chi connectivity index (χ4v) is 2.48.